The first-order valence-corrected chi connectivity index (χ1v) is 8.74. The molecule has 0 fully saturated rings. The van der Waals surface area contributed by atoms with E-state index in [1.165, 1.54) is 18.2 Å². The van der Waals surface area contributed by atoms with Crippen LogP contribution in [-0.2, 0) is 10.1 Å². The highest BCUT2D eigenvalue weighted by atomic mass is 32.2. The lowest BCUT2D eigenvalue weighted by Crippen LogP contribution is -2.28. The topological polar surface area (TPSA) is 43.4 Å². The number of halogens is 4. The van der Waals surface area contributed by atoms with Crippen LogP contribution >= 0.6 is 0 Å². The fourth-order valence-electron chi connectivity index (χ4n) is 2.32. The smallest absolute Gasteiger partial charge is 0.375 e. The minimum Gasteiger partial charge on any atom is -0.375 e. The van der Waals surface area contributed by atoms with Crippen molar-refractivity contribution in [3.8, 4) is 16.9 Å². The largest absolute Gasteiger partial charge is 0.534 e. The quantitative estimate of drug-likeness (QED) is 0.421. The zero-order valence-electron chi connectivity index (χ0n) is 13.7. The molecule has 8 heteroatoms. The predicted molar refractivity (Wildman–Crippen MR) is 86.3 cm³/mol. The molecule has 0 radical (unpaired) electrons. The fraction of sp³-hybridized carbons (Fsp3) is 0.294. The first-order valence-electron chi connectivity index (χ1n) is 7.33. The Morgan fingerprint density at radius 1 is 1.04 bits per heavy atom. The lowest BCUT2D eigenvalue weighted by atomic mass is 9.93. The summed E-state index contributed by atoms with van der Waals surface area (Å²) < 4.78 is 78.9. The van der Waals surface area contributed by atoms with Gasteiger partial charge in [-0.2, -0.15) is 21.6 Å². The van der Waals surface area contributed by atoms with Crippen molar-refractivity contribution in [2.75, 3.05) is 0 Å². The standard InChI is InChI=1S/C17H16F4O3S/c1-10(2)14-8-11(3)9-15(12-4-6-13(18)7-5-12)16(14)24-25(22,23)17(19,20)21/h4-10H,1-3H3. The molecule has 0 unspecified atom stereocenters. The molecule has 25 heavy (non-hydrogen) atoms. The van der Waals surface area contributed by atoms with Gasteiger partial charge in [-0.25, -0.2) is 4.39 Å². The van der Waals surface area contributed by atoms with Crippen LogP contribution < -0.4 is 4.18 Å². The number of hydrogen-bond donors (Lipinski definition) is 0. The normalized spacial score (nSPS) is 12.5. The van der Waals surface area contributed by atoms with Crippen molar-refractivity contribution in [1.29, 1.82) is 0 Å². The maximum atomic E-state index is 13.1. The van der Waals surface area contributed by atoms with Crippen LogP contribution in [0.1, 0.15) is 30.9 Å². The zero-order valence-corrected chi connectivity index (χ0v) is 14.5. The Morgan fingerprint density at radius 3 is 2.08 bits per heavy atom. The summed E-state index contributed by atoms with van der Waals surface area (Å²) in [7, 11) is -5.83. The molecule has 0 spiro atoms. The Morgan fingerprint density at radius 2 is 1.60 bits per heavy atom. The number of aryl methyl sites for hydroxylation is 1. The second-order valence-corrected chi connectivity index (χ2v) is 7.41. The van der Waals surface area contributed by atoms with E-state index in [9.17, 15) is 26.0 Å². The van der Waals surface area contributed by atoms with Crippen LogP contribution in [0.3, 0.4) is 0 Å². The lowest BCUT2D eigenvalue weighted by Gasteiger charge is -2.19. The molecule has 136 valence electrons. The average Bonchev–Trinajstić information content (AvgIpc) is 2.48. The minimum absolute atomic E-state index is 0.150. The summed E-state index contributed by atoms with van der Waals surface area (Å²) >= 11 is 0. The van der Waals surface area contributed by atoms with Gasteiger partial charge in [0.15, 0.2) is 5.75 Å². The molecule has 0 bridgehead atoms. The van der Waals surface area contributed by atoms with Gasteiger partial charge in [-0.05, 0) is 47.7 Å². The van der Waals surface area contributed by atoms with E-state index in [0.717, 1.165) is 12.1 Å². The predicted octanol–water partition coefficient (Wildman–Crippen LogP) is 5.15. The van der Waals surface area contributed by atoms with Gasteiger partial charge in [-0.3, -0.25) is 0 Å². The summed E-state index contributed by atoms with van der Waals surface area (Å²) in [5.41, 5.74) is -4.03. The Labute approximate surface area is 143 Å². The molecule has 0 aliphatic heterocycles. The van der Waals surface area contributed by atoms with E-state index in [4.69, 9.17) is 0 Å². The Balaban J connectivity index is 2.73. The monoisotopic (exact) mass is 376 g/mol. The molecular formula is C17H16F4O3S. The first-order chi connectivity index (χ1) is 11.4. The first kappa shape index (κ1) is 19.2. The molecule has 2 rings (SSSR count). The van der Waals surface area contributed by atoms with Crippen molar-refractivity contribution in [2.24, 2.45) is 0 Å². The van der Waals surface area contributed by atoms with Crippen molar-refractivity contribution in [3.63, 3.8) is 0 Å². The third-order valence-corrected chi connectivity index (χ3v) is 4.47. The zero-order chi connectivity index (χ0) is 19.0. The van der Waals surface area contributed by atoms with Crippen molar-refractivity contribution < 1.29 is 30.2 Å². The molecule has 0 saturated carbocycles. The van der Waals surface area contributed by atoms with Gasteiger partial charge in [0.25, 0.3) is 0 Å². The highest BCUT2D eigenvalue weighted by Crippen LogP contribution is 2.40. The molecule has 2 aromatic carbocycles. The highest BCUT2D eigenvalue weighted by molar-refractivity contribution is 7.88. The van der Waals surface area contributed by atoms with Crippen LogP contribution in [0.25, 0.3) is 11.1 Å². The number of alkyl halides is 3. The van der Waals surface area contributed by atoms with Gasteiger partial charge in [0.1, 0.15) is 5.82 Å². The maximum Gasteiger partial charge on any atom is 0.534 e. The third kappa shape index (κ3) is 4.12. The van der Waals surface area contributed by atoms with Gasteiger partial charge < -0.3 is 4.18 Å². The van der Waals surface area contributed by atoms with E-state index in [0.29, 0.717) is 16.7 Å². The van der Waals surface area contributed by atoms with Crippen LogP contribution in [0.4, 0.5) is 17.6 Å². The van der Waals surface area contributed by atoms with Crippen LogP contribution in [0.15, 0.2) is 36.4 Å². The SMILES string of the molecule is Cc1cc(-c2ccc(F)cc2)c(OS(=O)(=O)C(F)(F)F)c(C(C)C)c1. The lowest BCUT2D eigenvalue weighted by molar-refractivity contribution is -0.0500. The van der Waals surface area contributed by atoms with Crippen molar-refractivity contribution in [2.45, 2.75) is 32.2 Å². The second-order valence-electron chi connectivity index (χ2n) is 5.88. The van der Waals surface area contributed by atoms with Gasteiger partial charge in [0.2, 0.25) is 0 Å². The summed E-state index contributed by atoms with van der Waals surface area (Å²) in [4.78, 5) is 0. The average molecular weight is 376 g/mol. The summed E-state index contributed by atoms with van der Waals surface area (Å²) in [5.74, 6) is -1.21. The van der Waals surface area contributed by atoms with E-state index in [1.54, 1.807) is 26.8 Å². The summed E-state index contributed by atoms with van der Waals surface area (Å²) in [6.07, 6.45) is 0. The highest BCUT2D eigenvalue weighted by Gasteiger charge is 2.49. The van der Waals surface area contributed by atoms with Crippen LogP contribution in [0, 0.1) is 12.7 Å². The Hall–Kier alpha value is -2.09. The molecule has 0 saturated heterocycles. The molecule has 0 N–H and O–H groups in total. The van der Waals surface area contributed by atoms with E-state index < -0.39 is 27.2 Å². The molecule has 0 aliphatic carbocycles. The molecule has 0 aliphatic rings. The molecule has 0 heterocycles. The molecule has 0 atom stereocenters. The van der Waals surface area contributed by atoms with E-state index >= 15 is 0 Å². The Kier molecular flexibility index (Phi) is 5.13. The van der Waals surface area contributed by atoms with Crippen LogP contribution in [-0.4, -0.2) is 13.9 Å². The third-order valence-electron chi connectivity index (χ3n) is 3.52. The van der Waals surface area contributed by atoms with Crippen molar-refractivity contribution in [3.05, 3.63) is 53.3 Å². The molecule has 0 aromatic heterocycles. The minimum atomic E-state index is -5.83. The van der Waals surface area contributed by atoms with Crippen molar-refractivity contribution in [1.82, 2.24) is 0 Å². The van der Waals surface area contributed by atoms with Crippen LogP contribution in [0.5, 0.6) is 5.75 Å². The molecular weight excluding hydrogens is 360 g/mol. The van der Waals surface area contributed by atoms with Gasteiger partial charge in [0, 0.05) is 5.56 Å². The number of hydrogen-bond acceptors (Lipinski definition) is 3. The van der Waals surface area contributed by atoms with E-state index in [-0.39, 0.29) is 11.5 Å². The summed E-state index contributed by atoms with van der Waals surface area (Å²) in [6, 6.07) is 8.03. The number of benzene rings is 2. The van der Waals surface area contributed by atoms with E-state index in [1.807, 2.05) is 0 Å². The Bertz CT molecular complexity index is 870. The van der Waals surface area contributed by atoms with Gasteiger partial charge in [-0.1, -0.05) is 32.0 Å². The van der Waals surface area contributed by atoms with E-state index in [2.05, 4.69) is 4.18 Å². The van der Waals surface area contributed by atoms with Gasteiger partial charge >= 0.3 is 15.6 Å². The van der Waals surface area contributed by atoms with Gasteiger partial charge in [0.05, 0.1) is 0 Å². The summed E-state index contributed by atoms with van der Waals surface area (Å²) in [5, 5.41) is 0. The fourth-order valence-corrected chi connectivity index (χ4v) is 2.82. The summed E-state index contributed by atoms with van der Waals surface area (Å²) in [6.45, 7) is 5.13. The molecule has 0 amide bonds. The van der Waals surface area contributed by atoms with Gasteiger partial charge in [-0.15, -0.1) is 0 Å². The molecule has 2 aromatic rings. The second kappa shape index (κ2) is 6.67. The maximum absolute atomic E-state index is 13.1. The van der Waals surface area contributed by atoms with Crippen LogP contribution in [0.2, 0.25) is 0 Å². The number of rotatable bonds is 4. The molecule has 3 nitrogen and oxygen atoms in total. The van der Waals surface area contributed by atoms with Crippen molar-refractivity contribution >= 4 is 10.1 Å².